The monoisotopic (exact) mass is 534 g/mol. The summed E-state index contributed by atoms with van der Waals surface area (Å²) >= 11 is 0. The number of hydrogen-bond donors (Lipinski definition) is 3. The Labute approximate surface area is 234 Å². The fourth-order valence-corrected chi connectivity index (χ4v) is 2.46. The largest absolute Gasteiger partial charge is 0.409 e. The predicted molar refractivity (Wildman–Crippen MR) is 172 cm³/mol. The van der Waals surface area contributed by atoms with Crippen LogP contribution in [0.3, 0.4) is 0 Å². The van der Waals surface area contributed by atoms with Crippen LogP contribution >= 0.6 is 0 Å². The SMILES string of the molecule is C#CC#CC#CC#CC#CC#CC#C.CC(C)(C)[Si](C)(C)OCC(=O)c1ccc(N)cc1.ONO[SiH3].[HH].[HH].[HH].[HH].[HH].[HH].[HH].[HH].[HH].[HH]. The first kappa shape index (κ1) is 34.1. The molecule has 4 N–H and O–H groups in total. The number of terminal acetylenes is 2. The number of benzene rings is 1. The lowest BCUT2D eigenvalue weighted by Crippen LogP contribution is -2.42. The molecule has 0 bridgehead atoms. The molecule has 6 nitrogen and oxygen atoms in total. The van der Waals surface area contributed by atoms with Gasteiger partial charge >= 0.3 is 0 Å². The van der Waals surface area contributed by atoms with E-state index in [1.165, 1.54) is 5.64 Å². The molecule has 1 aromatic rings. The number of Topliss-reactive ketones (excluding diaryl/α,β-unsaturated/α-hetero) is 1. The van der Waals surface area contributed by atoms with Crippen LogP contribution in [0.15, 0.2) is 24.3 Å². The van der Waals surface area contributed by atoms with Crippen molar-refractivity contribution in [3.05, 3.63) is 29.8 Å². The summed E-state index contributed by atoms with van der Waals surface area (Å²) in [5, 5.41) is 7.56. The molecule has 0 atom stereocenters. The van der Waals surface area contributed by atoms with E-state index in [-0.39, 0.29) is 31.7 Å². The summed E-state index contributed by atoms with van der Waals surface area (Å²) in [5.41, 5.74) is 8.40. The zero-order valence-electron chi connectivity index (χ0n) is 21.4. The number of nitrogens with one attached hydrogen (secondary N) is 1. The van der Waals surface area contributed by atoms with E-state index in [9.17, 15) is 4.79 Å². The second-order valence-electron chi connectivity index (χ2n) is 7.93. The van der Waals surface area contributed by atoms with E-state index < -0.39 is 8.32 Å². The molecule has 0 spiro atoms. The predicted octanol–water partition coefficient (Wildman–Crippen LogP) is 4.38. The number of carbonyl (C=O) groups is 1. The van der Waals surface area contributed by atoms with Gasteiger partial charge in [0.05, 0.1) is 6.61 Å². The molecule has 0 aliphatic rings. The molecule has 0 saturated carbocycles. The van der Waals surface area contributed by atoms with Gasteiger partial charge in [0.1, 0.15) is 0 Å². The van der Waals surface area contributed by atoms with Crippen LogP contribution in [0.4, 0.5) is 5.69 Å². The van der Waals surface area contributed by atoms with Crippen LogP contribution < -0.4 is 11.4 Å². The van der Waals surface area contributed by atoms with E-state index in [2.05, 4.69) is 109 Å². The van der Waals surface area contributed by atoms with Crippen LogP contribution in [-0.2, 0) is 8.95 Å². The number of nitrogen functional groups attached to an aromatic ring is 1. The van der Waals surface area contributed by atoms with E-state index in [1.54, 1.807) is 24.3 Å². The van der Waals surface area contributed by atoms with Gasteiger partial charge < -0.3 is 14.7 Å². The van der Waals surface area contributed by atoms with E-state index >= 15 is 0 Å². The minimum absolute atomic E-state index is 0. The van der Waals surface area contributed by atoms with Gasteiger partial charge in [-0.15, -0.1) is 12.8 Å². The Kier molecular flexibility index (Phi) is 19.2. The van der Waals surface area contributed by atoms with Gasteiger partial charge in [0.25, 0.3) is 0 Å². The van der Waals surface area contributed by atoms with Gasteiger partial charge in [-0.3, -0.25) is 10.0 Å². The van der Waals surface area contributed by atoms with Crippen LogP contribution in [-0.4, -0.2) is 36.4 Å². The number of hydrogen-bond acceptors (Lipinski definition) is 6. The third kappa shape index (κ3) is 18.3. The first-order valence-electron chi connectivity index (χ1n) is 10.3. The van der Waals surface area contributed by atoms with Gasteiger partial charge in [-0.1, -0.05) is 26.4 Å². The Morgan fingerprint density at radius 3 is 1.64 bits per heavy atom. The lowest BCUT2D eigenvalue weighted by molar-refractivity contribution is -0.0378. The fourth-order valence-electron chi connectivity index (χ4n) is 1.54. The standard InChI is InChI=1S/C14H23NO2Si.C14H2.H5NO2Si.10H2/c1-14(2,3)18(4,5)17-10-13(16)11-6-8-12(15)9-7-11;1-3-5-7-9-11-13-14-12-10-8-6-4-2;2-1-3-4;;;;;;;;;;/h6-9H,10,15H2,1-5H3;1-2H;1-2H,4H3;10*1H. The van der Waals surface area contributed by atoms with Crippen LogP contribution in [0.1, 0.15) is 45.4 Å². The third-order valence-corrected chi connectivity index (χ3v) is 9.06. The van der Waals surface area contributed by atoms with Crippen LogP contribution in [0.25, 0.3) is 0 Å². The van der Waals surface area contributed by atoms with Crippen molar-refractivity contribution in [3.8, 4) is 83.9 Å². The molecule has 0 amide bonds. The summed E-state index contributed by atoms with van der Waals surface area (Å²) in [5.74, 6) is 28.3. The molecule has 1 aromatic carbocycles. The van der Waals surface area contributed by atoms with Crippen molar-refractivity contribution in [2.45, 2.75) is 38.9 Å². The number of carbonyl (C=O) groups excluding carboxylic acids is 1. The molecule has 204 valence electrons. The van der Waals surface area contributed by atoms with Crippen molar-refractivity contribution in [1.29, 1.82) is 0 Å². The minimum atomic E-state index is -1.86. The molecule has 0 radical (unpaired) electrons. The molecule has 0 aliphatic heterocycles. The molecule has 0 saturated heterocycles. The average Bonchev–Trinajstić information content (AvgIpc) is 2.84. The van der Waals surface area contributed by atoms with E-state index in [4.69, 9.17) is 28.2 Å². The van der Waals surface area contributed by atoms with Crippen molar-refractivity contribution in [2.24, 2.45) is 0 Å². The molecule has 0 aliphatic carbocycles. The average molecular weight is 535 g/mol. The van der Waals surface area contributed by atoms with Crippen LogP contribution in [0, 0.1) is 83.9 Å². The Bertz CT molecular complexity index is 1220. The maximum atomic E-state index is 12.0. The molecule has 8 heteroatoms. The van der Waals surface area contributed by atoms with Gasteiger partial charge in [-0.05, 0) is 113 Å². The highest BCUT2D eigenvalue weighted by molar-refractivity contribution is 6.74. The summed E-state index contributed by atoms with van der Waals surface area (Å²) in [6.07, 6.45) is 9.71. The van der Waals surface area contributed by atoms with Crippen molar-refractivity contribution < 1.29 is 33.2 Å². The number of rotatable bonds is 5. The van der Waals surface area contributed by atoms with Gasteiger partial charge in [0, 0.05) is 25.5 Å². The molecular formula is C28H50N2O4Si2. The summed E-state index contributed by atoms with van der Waals surface area (Å²) in [6.45, 7) is 10.9. The molecule has 0 unspecified atom stereocenters. The van der Waals surface area contributed by atoms with Crippen molar-refractivity contribution in [3.63, 3.8) is 0 Å². The quantitative estimate of drug-likeness (QED) is 0.171. The lowest BCUT2D eigenvalue weighted by Gasteiger charge is -2.35. The lowest BCUT2D eigenvalue weighted by atomic mass is 10.1. The van der Waals surface area contributed by atoms with Gasteiger partial charge in [0.15, 0.2) is 24.6 Å². The number of anilines is 1. The second-order valence-corrected chi connectivity index (χ2v) is 13.1. The first-order chi connectivity index (χ1) is 17.0. The fraction of sp³-hybridized carbons (Fsp3) is 0.250. The highest BCUT2D eigenvalue weighted by atomic mass is 28.4. The number of nitrogens with two attached hydrogens (primary N) is 1. The van der Waals surface area contributed by atoms with Crippen molar-refractivity contribution in [1.82, 2.24) is 5.64 Å². The van der Waals surface area contributed by atoms with Crippen molar-refractivity contribution in [2.75, 3.05) is 12.3 Å². The maximum Gasteiger partial charge on any atom is 0.192 e. The Balaban J connectivity index is -0.0000000381. The second kappa shape index (κ2) is 20.3. The number of ketones is 1. The molecular weight excluding hydrogens is 484 g/mol. The summed E-state index contributed by atoms with van der Waals surface area (Å²) < 4.78 is 9.88. The zero-order chi connectivity index (χ0) is 27.9. The summed E-state index contributed by atoms with van der Waals surface area (Å²) in [6, 6.07) is 6.96. The van der Waals surface area contributed by atoms with E-state index in [1.807, 2.05) is 0 Å². The highest BCUT2D eigenvalue weighted by Crippen LogP contribution is 2.36. The molecule has 36 heavy (non-hydrogen) atoms. The van der Waals surface area contributed by atoms with Gasteiger partial charge in [-0.2, -0.15) is 0 Å². The zero-order valence-corrected chi connectivity index (χ0v) is 24.4. The Morgan fingerprint density at radius 1 is 0.972 bits per heavy atom. The Morgan fingerprint density at radius 2 is 1.33 bits per heavy atom. The normalized spacial score (nSPS) is 8.56. The Hall–Kier alpha value is -4.12. The van der Waals surface area contributed by atoms with Crippen molar-refractivity contribution >= 4 is 30.3 Å². The molecule has 1 rings (SSSR count). The minimum Gasteiger partial charge on any atom is -0.409 e. The van der Waals surface area contributed by atoms with E-state index in [0.29, 0.717) is 21.7 Å². The third-order valence-electron chi connectivity index (χ3n) is 4.40. The molecule has 0 heterocycles. The topological polar surface area (TPSA) is 93.8 Å². The smallest absolute Gasteiger partial charge is 0.192 e. The van der Waals surface area contributed by atoms with Crippen LogP contribution in [0.5, 0.6) is 0 Å². The molecule has 0 fully saturated rings. The van der Waals surface area contributed by atoms with E-state index in [0.717, 1.165) is 0 Å². The summed E-state index contributed by atoms with van der Waals surface area (Å²) in [7, 11) is -1.33. The summed E-state index contributed by atoms with van der Waals surface area (Å²) in [4.78, 5) is 12.0. The van der Waals surface area contributed by atoms with Gasteiger partial charge in [0.2, 0.25) is 0 Å². The van der Waals surface area contributed by atoms with Crippen LogP contribution in [0.2, 0.25) is 18.1 Å². The molecule has 0 aromatic heterocycles. The maximum absolute atomic E-state index is 12.0. The van der Waals surface area contributed by atoms with Gasteiger partial charge in [-0.25, -0.2) is 0 Å². The first-order valence-corrected chi connectivity index (χ1v) is 14.0. The highest BCUT2D eigenvalue weighted by Gasteiger charge is 2.37.